The molecule has 7 nitrogen and oxygen atoms in total. The molecule has 116 valence electrons. The van der Waals surface area contributed by atoms with Crippen molar-refractivity contribution in [3.8, 4) is 5.75 Å². The van der Waals surface area contributed by atoms with Crippen molar-refractivity contribution < 1.29 is 19.4 Å². The molecule has 2 heterocycles. The van der Waals surface area contributed by atoms with E-state index in [1.165, 1.54) is 12.1 Å². The van der Waals surface area contributed by atoms with Gasteiger partial charge in [0.05, 0.1) is 5.56 Å². The number of phenolic OH excluding ortho intramolecular Hbond substituents is 1. The lowest BCUT2D eigenvalue weighted by molar-refractivity contribution is 0.0692. The number of aromatic carboxylic acids is 1. The van der Waals surface area contributed by atoms with E-state index in [2.05, 4.69) is 10.2 Å². The van der Waals surface area contributed by atoms with Gasteiger partial charge in [-0.05, 0) is 18.2 Å². The molecule has 0 spiro atoms. The molecule has 0 aliphatic carbocycles. The fraction of sp³-hybridized carbons (Fsp3) is 0.333. The van der Waals surface area contributed by atoms with Gasteiger partial charge in [-0.15, -0.1) is 0 Å². The van der Waals surface area contributed by atoms with Gasteiger partial charge in [0.15, 0.2) is 0 Å². The average molecular weight is 304 g/mol. The van der Waals surface area contributed by atoms with Gasteiger partial charge in [-0.25, -0.2) is 9.59 Å². The van der Waals surface area contributed by atoms with Crippen molar-refractivity contribution in [3.05, 3.63) is 39.7 Å². The summed E-state index contributed by atoms with van der Waals surface area (Å²) >= 11 is 0. The summed E-state index contributed by atoms with van der Waals surface area (Å²) in [5.74, 6) is -1.29. The van der Waals surface area contributed by atoms with E-state index in [0.29, 0.717) is 17.5 Å². The molecule has 3 rings (SSSR count). The van der Waals surface area contributed by atoms with Crippen LogP contribution in [0, 0.1) is 0 Å². The summed E-state index contributed by atoms with van der Waals surface area (Å²) in [6.07, 6.45) is 0. The van der Waals surface area contributed by atoms with E-state index in [0.717, 1.165) is 26.2 Å². The predicted molar refractivity (Wildman–Crippen MR) is 79.3 cm³/mol. The molecule has 1 fully saturated rings. The first-order valence-electron chi connectivity index (χ1n) is 7.01. The van der Waals surface area contributed by atoms with Crippen LogP contribution in [0.4, 0.5) is 0 Å². The van der Waals surface area contributed by atoms with E-state index in [1.54, 1.807) is 6.07 Å². The van der Waals surface area contributed by atoms with Gasteiger partial charge in [0.25, 0.3) is 0 Å². The number of aromatic hydroxyl groups is 1. The first-order valence-corrected chi connectivity index (χ1v) is 7.01. The first-order chi connectivity index (χ1) is 10.6. The topological polar surface area (TPSA) is 103 Å². The molecule has 0 saturated carbocycles. The Labute approximate surface area is 125 Å². The number of carbonyl (C=O) groups is 1. The molecule has 2 aromatic rings. The van der Waals surface area contributed by atoms with Crippen molar-refractivity contribution in [2.75, 3.05) is 26.2 Å². The van der Waals surface area contributed by atoms with Crippen LogP contribution in [0.1, 0.15) is 15.9 Å². The van der Waals surface area contributed by atoms with Crippen molar-refractivity contribution in [1.82, 2.24) is 10.2 Å². The van der Waals surface area contributed by atoms with Crippen LogP contribution in [0.5, 0.6) is 5.75 Å². The number of benzene rings is 1. The van der Waals surface area contributed by atoms with Crippen molar-refractivity contribution in [2.24, 2.45) is 0 Å². The highest BCUT2D eigenvalue weighted by Gasteiger charge is 2.19. The Hall–Kier alpha value is -2.38. The zero-order valence-electron chi connectivity index (χ0n) is 11.8. The smallest absolute Gasteiger partial charge is 0.351 e. The number of rotatable bonds is 3. The van der Waals surface area contributed by atoms with E-state index in [-0.39, 0.29) is 11.3 Å². The van der Waals surface area contributed by atoms with Gasteiger partial charge in [0.2, 0.25) is 0 Å². The molecule has 0 unspecified atom stereocenters. The molecule has 1 aliphatic rings. The summed E-state index contributed by atoms with van der Waals surface area (Å²) < 4.78 is 5.17. The summed E-state index contributed by atoms with van der Waals surface area (Å²) in [6, 6.07) is 4.32. The van der Waals surface area contributed by atoms with Crippen LogP contribution >= 0.6 is 0 Å². The number of phenols is 1. The predicted octanol–water partition coefficient (Wildman–Crippen LogP) is 0.602. The van der Waals surface area contributed by atoms with E-state index >= 15 is 0 Å². The van der Waals surface area contributed by atoms with Gasteiger partial charge in [0, 0.05) is 38.1 Å². The molecule has 0 amide bonds. The zero-order chi connectivity index (χ0) is 15.7. The summed E-state index contributed by atoms with van der Waals surface area (Å²) in [6.45, 7) is 3.82. The van der Waals surface area contributed by atoms with Crippen LogP contribution in [-0.2, 0) is 6.54 Å². The van der Waals surface area contributed by atoms with Gasteiger partial charge in [-0.1, -0.05) is 0 Å². The maximum absolute atomic E-state index is 11.8. The second kappa shape index (κ2) is 5.78. The number of hydrogen-bond acceptors (Lipinski definition) is 6. The minimum Gasteiger partial charge on any atom is -0.507 e. The number of carboxylic acid groups (broad SMARTS) is 1. The van der Waals surface area contributed by atoms with E-state index in [4.69, 9.17) is 9.52 Å². The second-order valence-corrected chi connectivity index (χ2v) is 5.26. The molecule has 1 aromatic carbocycles. The van der Waals surface area contributed by atoms with Crippen LogP contribution in [0.2, 0.25) is 0 Å². The molecule has 1 saturated heterocycles. The molecular formula is C15H16N2O5. The standard InChI is InChI=1S/C15H16N2O5/c18-12-2-1-9-7-10(14(19)20)15(21)22-13(9)11(12)8-17-5-3-16-4-6-17/h1-2,7,16,18H,3-6,8H2,(H,19,20). The lowest BCUT2D eigenvalue weighted by Crippen LogP contribution is -2.42. The van der Waals surface area contributed by atoms with Crippen molar-refractivity contribution in [1.29, 1.82) is 0 Å². The average Bonchev–Trinajstić information content (AvgIpc) is 2.51. The Balaban J connectivity index is 2.08. The third-order valence-corrected chi connectivity index (χ3v) is 3.80. The summed E-state index contributed by atoms with van der Waals surface area (Å²) in [4.78, 5) is 24.9. The van der Waals surface area contributed by atoms with Crippen LogP contribution < -0.4 is 10.9 Å². The van der Waals surface area contributed by atoms with Gasteiger partial charge < -0.3 is 19.9 Å². The van der Waals surface area contributed by atoms with Gasteiger partial charge in [-0.2, -0.15) is 0 Å². The monoisotopic (exact) mass is 304 g/mol. The molecule has 7 heteroatoms. The normalized spacial score (nSPS) is 16.0. The van der Waals surface area contributed by atoms with Crippen molar-refractivity contribution in [2.45, 2.75) is 6.54 Å². The quantitative estimate of drug-likeness (QED) is 0.713. The molecule has 0 atom stereocenters. The molecule has 22 heavy (non-hydrogen) atoms. The number of nitrogens with one attached hydrogen (secondary N) is 1. The summed E-state index contributed by atoms with van der Waals surface area (Å²) in [5.41, 5.74) is -0.569. The molecule has 1 aliphatic heterocycles. The largest absolute Gasteiger partial charge is 0.507 e. The van der Waals surface area contributed by atoms with Crippen LogP contribution in [0.25, 0.3) is 11.0 Å². The Morgan fingerprint density at radius 3 is 2.73 bits per heavy atom. The van der Waals surface area contributed by atoms with E-state index in [9.17, 15) is 14.7 Å². The SMILES string of the molecule is O=C(O)c1cc2ccc(O)c(CN3CCNCC3)c2oc1=O. The number of fused-ring (bicyclic) bond motifs is 1. The molecule has 3 N–H and O–H groups in total. The second-order valence-electron chi connectivity index (χ2n) is 5.26. The number of nitrogens with zero attached hydrogens (tertiary/aromatic N) is 1. The van der Waals surface area contributed by atoms with Crippen LogP contribution in [0.15, 0.2) is 27.4 Å². The lowest BCUT2D eigenvalue weighted by Gasteiger charge is -2.27. The Morgan fingerprint density at radius 2 is 2.05 bits per heavy atom. The molecule has 0 radical (unpaired) electrons. The fourth-order valence-corrected chi connectivity index (χ4v) is 2.63. The minimum absolute atomic E-state index is 0.0391. The summed E-state index contributed by atoms with van der Waals surface area (Å²) in [7, 11) is 0. The molecule has 1 aromatic heterocycles. The van der Waals surface area contributed by atoms with Crippen LogP contribution in [0.3, 0.4) is 0 Å². The highest BCUT2D eigenvalue weighted by atomic mass is 16.4. The highest BCUT2D eigenvalue weighted by Crippen LogP contribution is 2.28. The zero-order valence-corrected chi connectivity index (χ0v) is 11.8. The molecule has 0 bridgehead atoms. The van der Waals surface area contributed by atoms with Gasteiger partial charge in [-0.3, -0.25) is 4.90 Å². The van der Waals surface area contributed by atoms with Crippen molar-refractivity contribution in [3.63, 3.8) is 0 Å². The molecular weight excluding hydrogens is 288 g/mol. The summed E-state index contributed by atoms with van der Waals surface area (Å²) in [5, 5.41) is 22.8. The maximum atomic E-state index is 11.8. The first kappa shape index (κ1) is 14.6. The maximum Gasteiger partial charge on any atom is 0.351 e. The number of hydrogen-bond donors (Lipinski definition) is 3. The fourth-order valence-electron chi connectivity index (χ4n) is 2.63. The van der Waals surface area contributed by atoms with E-state index < -0.39 is 17.2 Å². The number of carboxylic acids is 1. The third kappa shape index (κ3) is 2.68. The lowest BCUT2D eigenvalue weighted by atomic mass is 10.1. The van der Waals surface area contributed by atoms with Gasteiger partial charge in [0.1, 0.15) is 16.9 Å². The third-order valence-electron chi connectivity index (χ3n) is 3.80. The highest BCUT2D eigenvalue weighted by molar-refractivity contribution is 5.92. The Kier molecular flexibility index (Phi) is 3.82. The van der Waals surface area contributed by atoms with Gasteiger partial charge >= 0.3 is 11.6 Å². The van der Waals surface area contributed by atoms with E-state index in [1.807, 2.05) is 0 Å². The van der Waals surface area contributed by atoms with Crippen LogP contribution in [-0.4, -0.2) is 47.3 Å². The minimum atomic E-state index is -1.33. The number of piperazine rings is 1. The Morgan fingerprint density at radius 1 is 1.32 bits per heavy atom. The Bertz CT molecular complexity index is 777. The van der Waals surface area contributed by atoms with Crippen molar-refractivity contribution >= 4 is 16.9 Å².